The van der Waals surface area contributed by atoms with Crippen LogP contribution in [0.3, 0.4) is 0 Å². The van der Waals surface area contributed by atoms with E-state index in [0.717, 1.165) is 11.7 Å². The van der Waals surface area contributed by atoms with Crippen molar-refractivity contribution in [3.05, 3.63) is 23.7 Å². The Morgan fingerprint density at radius 3 is 2.50 bits per heavy atom. The number of aryl methyl sites for hydroxylation is 2. The first-order chi connectivity index (χ1) is 12.2. The number of methoxy groups -OCH3 is 2. The predicted octanol–water partition coefficient (Wildman–Crippen LogP) is -0.176. The molecule has 0 aliphatic carbocycles. The fourth-order valence-corrected chi connectivity index (χ4v) is 3.29. The Labute approximate surface area is 148 Å². The summed E-state index contributed by atoms with van der Waals surface area (Å²) < 4.78 is 37.3. The standard InChI is InChI=1S/C13H16N6O6S/c1-7-14-11(17-13(15-7)25-4)16-12(21)18-26(22,23)9-8(10(20)24-3)5-6-19(9)2/h5-6H,1-4H3,(H2,14,15,16,17,18,21). The molecule has 0 saturated carbocycles. The number of esters is 1. The Bertz CT molecular complexity index is 954. The quantitative estimate of drug-likeness (QED) is 0.668. The first-order valence-electron chi connectivity index (χ1n) is 7.02. The van der Waals surface area contributed by atoms with E-state index in [9.17, 15) is 18.0 Å². The molecule has 0 aromatic carbocycles. The number of rotatable bonds is 5. The van der Waals surface area contributed by atoms with Crippen LogP contribution >= 0.6 is 0 Å². The van der Waals surface area contributed by atoms with Crippen LogP contribution in [0.4, 0.5) is 10.7 Å². The summed E-state index contributed by atoms with van der Waals surface area (Å²) in [5.41, 5.74) is -0.215. The van der Waals surface area contributed by atoms with Gasteiger partial charge in [-0.1, -0.05) is 0 Å². The summed E-state index contributed by atoms with van der Waals surface area (Å²) in [5, 5.41) is 1.73. The third-order valence-corrected chi connectivity index (χ3v) is 4.51. The lowest BCUT2D eigenvalue weighted by molar-refractivity contribution is 0.0595. The lowest BCUT2D eigenvalue weighted by Gasteiger charge is -2.10. The van der Waals surface area contributed by atoms with Crippen molar-refractivity contribution in [1.29, 1.82) is 0 Å². The number of hydrogen-bond donors (Lipinski definition) is 2. The van der Waals surface area contributed by atoms with Crippen molar-refractivity contribution in [1.82, 2.24) is 24.2 Å². The highest BCUT2D eigenvalue weighted by Gasteiger charge is 2.28. The summed E-state index contributed by atoms with van der Waals surface area (Å²) in [7, 11) is -0.539. The fourth-order valence-electron chi connectivity index (χ4n) is 2.02. The molecular formula is C13H16N6O6S. The van der Waals surface area contributed by atoms with E-state index < -0.39 is 27.0 Å². The van der Waals surface area contributed by atoms with Gasteiger partial charge in [0.05, 0.1) is 19.8 Å². The first kappa shape index (κ1) is 19.1. The van der Waals surface area contributed by atoms with E-state index in [1.807, 2.05) is 0 Å². The van der Waals surface area contributed by atoms with Crippen molar-refractivity contribution in [2.45, 2.75) is 11.9 Å². The number of ether oxygens (including phenoxy) is 2. The summed E-state index contributed by atoms with van der Waals surface area (Å²) >= 11 is 0. The van der Waals surface area contributed by atoms with Crippen molar-refractivity contribution >= 4 is 28.0 Å². The topological polar surface area (TPSA) is 154 Å². The molecule has 2 rings (SSSR count). The number of nitrogens with one attached hydrogen (secondary N) is 2. The molecule has 0 bridgehead atoms. The van der Waals surface area contributed by atoms with Crippen LogP contribution in [0.25, 0.3) is 0 Å². The van der Waals surface area contributed by atoms with Crippen molar-refractivity contribution in [3.8, 4) is 6.01 Å². The number of aromatic nitrogens is 4. The SMILES string of the molecule is COC(=O)c1ccn(C)c1S(=O)(=O)NC(=O)Nc1nc(C)nc(OC)n1. The van der Waals surface area contributed by atoms with E-state index in [1.165, 1.54) is 33.3 Å². The average molecular weight is 384 g/mol. The molecule has 2 aromatic rings. The number of carbonyl (C=O) groups is 2. The van der Waals surface area contributed by atoms with Gasteiger partial charge in [-0.15, -0.1) is 0 Å². The summed E-state index contributed by atoms with van der Waals surface area (Å²) in [6.45, 7) is 1.54. The van der Waals surface area contributed by atoms with Crippen LogP contribution in [0.15, 0.2) is 17.3 Å². The Balaban J connectivity index is 2.25. The van der Waals surface area contributed by atoms with Gasteiger partial charge in [-0.3, -0.25) is 5.32 Å². The summed E-state index contributed by atoms with van der Waals surface area (Å²) in [5.74, 6) is -0.809. The highest BCUT2D eigenvalue weighted by molar-refractivity contribution is 7.90. The normalized spacial score (nSPS) is 10.9. The molecule has 0 aliphatic heterocycles. The smallest absolute Gasteiger partial charge is 0.340 e. The zero-order valence-electron chi connectivity index (χ0n) is 14.3. The average Bonchev–Trinajstić information content (AvgIpc) is 2.95. The van der Waals surface area contributed by atoms with Gasteiger partial charge in [0.15, 0.2) is 5.03 Å². The number of amides is 2. The fraction of sp³-hybridized carbons (Fsp3) is 0.308. The monoisotopic (exact) mass is 384 g/mol. The molecule has 0 saturated heterocycles. The molecule has 13 heteroatoms. The molecule has 0 fully saturated rings. The summed E-state index contributed by atoms with van der Waals surface area (Å²) in [4.78, 5) is 35.2. The van der Waals surface area contributed by atoms with Gasteiger partial charge < -0.3 is 14.0 Å². The lowest BCUT2D eigenvalue weighted by atomic mass is 10.3. The highest BCUT2D eigenvalue weighted by Crippen LogP contribution is 2.17. The molecule has 2 amide bonds. The van der Waals surface area contributed by atoms with Crippen molar-refractivity contribution in [2.24, 2.45) is 7.05 Å². The molecular weight excluding hydrogens is 368 g/mol. The van der Waals surface area contributed by atoms with Gasteiger partial charge in [0.25, 0.3) is 10.0 Å². The number of anilines is 1. The van der Waals surface area contributed by atoms with E-state index in [4.69, 9.17) is 4.74 Å². The first-order valence-corrected chi connectivity index (χ1v) is 8.50. The Morgan fingerprint density at radius 1 is 1.19 bits per heavy atom. The van der Waals surface area contributed by atoms with Gasteiger partial charge >= 0.3 is 18.0 Å². The molecule has 0 atom stereocenters. The molecule has 140 valence electrons. The third kappa shape index (κ3) is 4.05. The van der Waals surface area contributed by atoms with Crippen LogP contribution in [0, 0.1) is 6.92 Å². The molecule has 2 N–H and O–H groups in total. The Morgan fingerprint density at radius 2 is 1.88 bits per heavy atom. The minimum Gasteiger partial charge on any atom is -0.467 e. The van der Waals surface area contributed by atoms with Crippen LogP contribution in [0.5, 0.6) is 6.01 Å². The maximum Gasteiger partial charge on any atom is 0.340 e. The number of urea groups is 1. The number of hydrogen-bond acceptors (Lipinski definition) is 9. The minimum atomic E-state index is -4.38. The summed E-state index contributed by atoms with van der Waals surface area (Å²) in [6, 6.07) is 0.0825. The van der Waals surface area contributed by atoms with E-state index in [-0.39, 0.29) is 23.3 Å². The molecule has 2 heterocycles. The van der Waals surface area contributed by atoms with Crippen LogP contribution < -0.4 is 14.8 Å². The predicted molar refractivity (Wildman–Crippen MR) is 87.2 cm³/mol. The van der Waals surface area contributed by atoms with Crippen molar-refractivity contribution < 1.29 is 27.5 Å². The van der Waals surface area contributed by atoms with Gasteiger partial charge in [-0.2, -0.15) is 23.4 Å². The molecule has 0 aliphatic rings. The van der Waals surface area contributed by atoms with Crippen LogP contribution in [-0.4, -0.2) is 54.2 Å². The van der Waals surface area contributed by atoms with Gasteiger partial charge in [-0.25, -0.2) is 14.3 Å². The van der Waals surface area contributed by atoms with Gasteiger partial charge in [-0.05, 0) is 13.0 Å². The zero-order valence-corrected chi connectivity index (χ0v) is 15.1. The molecule has 0 radical (unpaired) electrons. The van der Waals surface area contributed by atoms with Gasteiger partial charge in [0.2, 0.25) is 5.95 Å². The van der Waals surface area contributed by atoms with Crippen molar-refractivity contribution in [2.75, 3.05) is 19.5 Å². The second-order valence-electron chi connectivity index (χ2n) is 4.89. The second kappa shape index (κ2) is 7.35. The van der Waals surface area contributed by atoms with E-state index >= 15 is 0 Å². The molecule has 0 unspecified atom stereocenters. The van der Waals surface area contributed by atoms with E-state index in [1.54, 1.807) is 4.72 Å². The maximum atomic E-state index is 12.5. The van der Waals surface area contributed by atoms with E-state index in [2.05, 4.69) is 25.0 Å². The molecule has 26 heavy (non-hydrogen) atoms. The maximum absolute atomic E-state index is 12.5. The Hall–Kier alpha value is -3.22. The number of sulfonamides is 1. The van der Waals surface area contributed by atoms with Gasteiger partial charge in [0, 0.05) is 13.2 Å². The zero-order chi connectivity index (χ0) is 19.5. The van der Waals surface area contributed by atoms with Crippen molar-refractivity contribution in [3.63, 3.8) is 0 Å². The Kier molecular flexibility index (Phi) is 5.40. The largest absolute Gasteiger partial charge is 0.467 e. The third-order valence-electron chi connectivity index (χ3n) is 3.04. The lowest BCUT2D eigenvalue weighted by Crippen LogP contribution is -2.36. The van der Waals surface area contributed by atoms with Gasteiger partial charge in [0.1, 0.15) is 5.82 Å². The highest BCUT2D eigenvalue weighted by atomic mass is 32.2. The number of nitrogens with zero attached hydrogens (tertiary/aromatic N) is 4. The van der Waals surface area contributed by atoms with Crippen LogP contribution in [0.1, 0.15) is 16.2 Å². The molecule has 0 spiro atoms. The molecule has 2 aromatic heterocycles. The molecule has 12 nitrogen and oxygen atoms in total. The van der Waals surface area contributed by atoms with E-state index in [0.29, 0.717) is 0 Å². The number of carbonyl (C=O) groups excluding carboxylic acids is 2. The van der Waals surface area contributed by atoms with Crippen LogP contribution in [0.2, 0.25) is 0 Å². The summed E-state index contributed by atoms with van der Waals surface area (Å²) in [6.07, 6.45) is 1.35. The second-order valence-corrected chi connectivity index (χ2v) is 6.49. The van der Waals surface area contributed by atoms with Crippen LogP contribution in [-0.2, 0) is 21.8 Å². The minimum absolute atomic E-state index is 0.0499.